The summed E-state index contributed by atoms with van der Waals surface area (Å²) in [5, 5.41) is 7.16. The van der Waals surface area contributed by atoms with Crippen LogP contribution in [-0.2, 0) is 4.79 Å². The molecule has 2 amide bonds. The minimum Gasteiger partial charge on any atom is -0.361 e. The van der Waals surface area contributed by atoms with Crippen molar-refractivity contribution >= 4 is 17.5 Å². The minimum absolute atomic E-state index is 0.141. The van der Waals surface area contributed by atoms with Crippen molar-refractivity contribution in [3.63, 3.8) is 0 Å². The second-order valence-corrected chi connectivity index (χ2v) is 8.51. The average molecular weight is 432 g/mol. The molecule has 32 heavy (non-hydrogen) atoms. The fraction of sp³-hybridized carbons (Fsp3) is 0.346. The molecule has 1 aromatic heterocycles. The lowest BCUT2D eigenvalue weighted by Gasteiger charge is -2.32. The molecular formula is C26H29N3O3. The lowest BCUT2D eigenvalue weighted by Crippen LogP contribution is -2.46. The molecule has 1 saturated carbocycles. The van der Waals surface area contributed by atoms with Crippen molar-refractivity contribution in [2.75, 3.05) is 4.90 Å². The normalized spacial score (nSPS) is 14.8. The number of carbonyl (C=O) groups excluding carboxylic acids is 2. The number of para-hydroxylation sites is 1. The lowest BCUT2D eigenvalue weighted by molar-refractivity contribution is -0.123. The van der Waals surface area contributed by atoms with Crippen LogP contribution in [0, 0.1) is 20.8 Å². The zero-order chi connectivity index (χ0) is 22.7. The summed E-state index contributed by atoms with van der Waals surface area (Å²) in [6, 6.07) is 16.4. The van der Waals surface area contributed by atoms with E-state index in [1.807, 2.05) is 61.5 Å². The van der Waals surface area contributed by atoms with Gasteiger partial charge in [0.1, 0.15) is 17.4 Å². The molecular weight excluding hydrogens is 402 g/mol. The van der Waals surface area contributed by atoms with Crippen molar-refractivity contribution in [3.05, 3.63) is 82.7 Å². The summed E-state index contributed by atoms with van der Waals surface area (Å²) < 4.78 is 5.27. The molecule has 0 spiro atoms. The molecule has 6 nitrogen and oxygen atoms in total. The van der Waals surface area contributed by atoms with Crippen LogP contribution < -0.4 is 10.2 Å². The molecule has 0 saturated heterocycles. The number of carbonyl (C=O) groups is 2. The maximum absolute atomic E-state index is 13.9. The summed E-state index contributed by atoms with van der Waals surface area (Å²) in [4.78, 5) is 29.2. The van der Waals surface area contributed by atoms with E-state index in [4.69, 9.17) is 4.52 Å². The molecule has 166 valence electrons. The zero-order valence-corrected chi connectivity index (χ0v) is 18.8. The molecule has 1 aliphatic carbocycles. The van der Waals surface area contributed by atoms with E-state index in [1.54, 1.807) is 18.7 Å². The van der Waals surface area contributed by atoms with Gasteiger partial charge in [-0.15, -0.1) is 0 Å². The Balaban J connectivity index is 1.82. The van der Waals surface area contributed by atoms with Crippen molar-refractivity contribution in [2.45, 2.75) is 58.5 Å². The van der Waals surface area contributed by atoms with E-state index in [2.05, 4.69) is 10.5 Å². The standard InChI is InChI=1S/C26H29N3O3/c1-17-13-15-20(16-14-17)24(25(30)27-21-9-7-8-10-21)29(22-11-5-4-6-12-22)26(31)23-18(2)28-32-19(23)3/h4-6,11-16,21,24H,7-10H2,1-3H3,(H,27,30). The molecule has 4 rings (SSSR count). The topological polar surface area (TPSA) is 75.4 Å². The van der Waals surface area contributed by atoms with Gasteiger partial charge in [-0.2, -0.15) is 0 Å². The summed E-state index contributed by atoms with van der Waals surface area (Å²) in [6.07, 6.45) is 4.16. The van der Waals surface area contributed by atoms with E-state index in [0.29, 0.717) is 22.7 Å². The van der Waals surface area contributed by atoms with Crippen LogP contribution in [0.3, 0.4) is 0 Å². The highest BCUT2D eigenvalue weighted by Crippen LogP contribution is 2.32. The molecule has 1 fully saturated rings. The number of benzene rings is 2. The molecule has 1 aliphatic rings. The largest absolute Gasteiger partial charge is 0.361 e. The maximum Gasteiger partial charge on any atom is 0.264 e. The molecule has 3 aromatic rings. The second-order valence-electron chi connectivity index (χ2n) is 8.51. The third kappa shape index (κ3) is 4.44. The Kier molecular flexibility index (Phi) is 6.40. The Morgan fingerprint density at radius 3 is 2.25 bits per heavy atom. The van der Waals surface area contributed by atoms with E-state index >= 15 is 0 Å². The minimum atomic E-state index is -0.820. The molecule has 1 unspecified atom stereocenters. The van der Waals surface area contributed by atoms with Gasteiger partial charge in [0.2, 0.25) is 5.91 Å². The number of aromatic nitrogens is 1. The lowest BCUT2D eigenvalue weighted by atomic mass is 9.99. The number of anilines is 1. The summed E-state index contributed by atoms with van der Waals surface area (Å²) in [5.41, 5.74) is 3.39. The van der Waals surface area contributed by atoms with Crippen LogP contribution in [0.15, 0.2) is 59.1 Å². The van der Waals surface area contributed by atoms with Gasteiger partial charge in [-0.05, 0) is 51.3 Å². The van der Waals surface area contributed by atoms with Crippen LogP contribution >= 0.6 is 0 Å². The monoisotopic (exact) mass is 431 g/mol. The molecule has 6 heteroatoms. The third-order valence-electron chi connectivity index (χ3n) is 6.10. The van der Waals surface area contributed by atoms with Crippen molar-refractivity contribution in [3.8, 4) is 0 Å². The van der Waals surface area contributed by atoms with Gasteiger partial charge in [0.25, 0.3) is 5.91 Å². The SMILES string of the molecule is Cc1ccc(C(C(=O)NC2CCCC2)N(C(=O)c2c(C)noc2C)c2ccccc2)cc1. The van der Waals surface area contributed by atoms with Crippen LogP contribution in [0.4, 0.5) is 5.69 Å². The average Bonchev–Trinajstić information content (AvgIpc) is 3.42. The molecule has 0 aliphatic heterocycles. The third-order valence-corrected chi connectivity index (χ3v) is 6.10. The fourth-order valence-corrected chi connectivity index (χ4v) is 4.40. The van der Waals surface area contributed by atoms with E-state index in [9.17, 15) is 9.59 Å². The van der Waals surface area contributed by atoms with Crippen molar-refractivity contribution < 1.29 is 14.1 Å². The Hall–Kier alpha value is -3.41. The quantitative estimate of drug-likeness (QED) is 0.593. The highest BCUT2D eigenvalue weighted by atomic mass is 16.5. The van der Waals surface area contributed by atoms with Crippen LogP contribution in [0.5, 0.6) is 0 Å². The molecule has 0 bridgehead atoms. The van der Waals surface area contributed by atoms with Gasteiger partial charge >= 0.3 is 0 Å². The Labute approximate surface area is 188 Å². The first-order chi connectivity index (χ1) is 15.5. The predicted molar refractivity (Wildman–Crippen MR) is 124 cm³/mol. The summed E-state index contributed by atoms with van der Waals surface area (Å²) in [6.45, 7) is 5.46. The van der Waals surface area contributed by atoms with E-state index in [1.165, 1.54) is 0 Å². The van der Waals surface area contributed by atoms with E-state index in [-0.39, 0.29) is 17.9 Å². The highest BCUT2D eigenvalue weighted by Gasteiger charge is 2.36. The molecule has 1 atom stereocenters. The van der Waals surface area contributed by atoms with E-state index < -0.39 is 6.04 Å². The molecule has 0 radical (unpaired) electrons. The smallest absolute Gasteiger partial charge is 0.264 e. The van der Waals surface area contributed by atoms with Crippen molar-refractivity contribution in [1.82, 2.24) is 10.5 Å². The summed E-state index contributed by atoms with van der Waals surface area (Å²) >= 11 is 0. The maximum atomic E-state index is 13.9. The Bertz CT molecular complexity index is 1060. The van der Waals surface area contributed by atoms with E-state index in [0.717, 1.165) is 36.8 Å². The zero-order valence-electron chi connectivity index (χ0n) is 18.8. The summed E-state index contributed by atoms with van der Waals surface area (Å²) in [7, 11) is 0. The van der Waals surface area contributed by atoms with Crippen LogP contribution in [0.1, 0.15) is 64.7 Å². The number of hydrogen-bond donors (Lipinski definition) is 1. The van der Waals surface area contributed by atoms with Gasteiger partial charge in [-0.25, -0.2) is 0 Å². The summed E-state index contributed by atoms with van der Waals surface area (Å²) in [5.74, 6) is -0.0448. The molecule has 2 aromatic carbocycles. The van der Waals surface area contributed by atoms with Crippen molar-refractivity contribution in [2.24, 2.45) is 0 Å². The van der Waals surface area contributed by atoms with Gasteiger partial charge in [-0.1, -0.05) is 66.0 Å². The van der Waals surface area contributed by atoms with Gasteiger partial charge in [0.15, 0.2) is 0 Å². The number of nitrogens with one attached hydrogen (secondary N) is 1. The fourth-order valence-electron chi connectivity index (χ4n) is 4.40. The predicted octanol–water partition coefficient (Wildman–Crippen LogP) is 5.05. The Morgan fingerprint density at radius 1 is 1.00 bits per heavy atom. The first-order valence-electron chi connectivity index (χ1n) is 11.1. The van der Waals surface area contributed by atoms with Gasteiger partial charge < -0.3 is 9.84 Å². The van der Waals surface area contributed by atoms with Crippen LogP contribution in [-0.4, -0.2) is 23.0 Å². The van der Waals surface area contributed by atoms with Crippen LogP contribution in [0.2, 0.25) is 0 Å². The van der Waals surface area contributed by atoms with Crippen LogP contribution in [0.25, 0.3) is 0 Å². The molecule has 1 N–H and O–H groups in total. The number of hydrogen-bond acceptors (Lipinski definition) is 4. The van der Waals surface area contributed by atoms with Gasteiger partial charge in [-0.3, -0.25) is 14.5 Å². The Morgan fingerprint density at radius 2 is 1.66 bits per heavy atom. The number of aryl methyl sites for hydroxylation is 3. The number of amides is 2. The second kappa shape index (κ2) is 9.39. The first-order valence-corrected chi connectivity index (χ1v) is 11.1. The number of nitrogens with zero attached hydrogens (tertiary/aromatic N) is 2. The molecule has 1 heterocycles. The highest BCUT2D eigenvalue weighted by molar-refractivity contribution is 6.11. The van der Waals surface area contributed by atoms with Gasteiger partial charge in [0.05, 0.1) is 5.69 Å². The van der Waals surface area contributed by atoms with Gasteiger partial charge in [0, 0.05) is 11.7 Å². The number of rotatable bonds is 6. The first kappa shape index (κ1) is 21.8. The van der Waals surface area contributed by atoms with Crippen molar-refractivity contribution in [1.29, 1.82) is 0 Å².